The monoisotopic (exact) mass is 173 g/mol. The van der Waals surface area contributed by atoms with Crippen LogP contribution in [0.2, 0.25) is 5.02 Å². The van der Waals surface area contributed by atoms with Gasteiger partial charge in [0.25, 0.3) is 0 Å². The fourth-order valence-electron chi connectivity index (χ4n) is 0.625. The number of carbonyl (C=O) groups is 1. The lowest BCUT2D eigenvalue weighted by Crippen LogP contribution is -2.10. The molecule has 0 atom stereocenters. The first-order chi connectivity index (χ1) is 5.09. The Morgan fingerprint density at radius 2 is 2.18 bits per heavy atom. The Hall–Kier alpha value is -1.29. The highest BCUT2D eigenvalue weighted by Crippen LogP contribution is 2.04. The summed E-state index contributed by atoms with van der Waals surface area (Å²) in [4.78, 5) is 23.0. The van der Waals surface area contributed by atoms with Crippen LogP contribution in [0.3, 0.4) is 0 Å². The highest BCUT2D eigenvalue weighted by molar-refractivity contribution is 6.30. The lowest BCUT2D eigenvalue weighted by atomic mass is 10.3. The van der Waals surface area contributed by atoms with Gasteiger partial charge in [0.2, 0.25) is 5.56 Å². The number of halogens is 1. The molecule has 0 aliphatic heterocycles. The quantitative estimate of drug-likeness (QED) is 0.658. The molecule has 2 N–H and O–H groups in total. The van der Waals surface area contributed by atoms with Crippen molar-refractivity contribution in [2.75, 3.05) is 0 Å². The van der Waals surface area contributed by atoms with E-state index in [2.05, 4.69) is 4.98 Å². The molecule has 58 valence electrons. The molecule has 0 aliphatic carbocycles. The van der Waals surface area contributed by atoms with Crippen molar-refractivity contribution in [2.45, 2.75) is 0 Å². The van der Waals surface area contributed by atoms with Crippen molar-refractivity contribution in [1.82, 2.24) is 4.98 Å². The zero-order chi connectivity index (χ0) is 8.43. The second kappa shape index (κ2) is 2.75. The number of nitrogens with one attached hydrogen (secondary N) is 1. The largest absolute Gasteiger partial charge is 0.477 e. The second-order valence-electron chi connectivity index (χ2n) is 1.88. The molecule has 0 saturated heterocycles. The topological polar surface area (TPSA) is 70.2 Å². The molecule has 1 rings (SSSR count). The molecule has 0 aliphatic rings. The van der Waals surface area contributed by atoms with Gasteiger partial charge >= 0.3 is 5.97 Å². The maximum atomic E-state index is 10.6. The third kappa shape index (κ3) is 1.81. The molecule has 1 heterocycles. The number of rotatable bonds is 1. The number of pyridine rings is 1. The van der Waals surface area contributed by atoms with E-state index in [1.807, 2.05) is 0 Å². The summed E-state index contributed by atoms with van der Waals surface area (Å²) in [6.07, 6.45) is 0. The molecule has 5 heteroatoms. The summed E-state index contributed by atoms with van der Waals surface area (Å²) in [7, 11) is 0. The van der Waals surface area contributed by atoms with Gasteiger partial charge < -0.3 is 10.1 Å². The van der Waals surface area contributed by atoms with Crippen LogP contribution >= 0.6 is 11.6 Å². The zero-order valence-corrected chi connectivity index (χ0v) is 6.05. The first-order valence-electron chi connectivity index (χ1n) is 2.73. The maximum Gasteiger partial charge on any atom is 0.352 e. The molecule has 0 unspecified atom stereocenters. The van der Waals surface area contributed by atoms with Gasteiger partial charge in [-0.15, -0.1) is 0 Å². The van der Waals surface area contributed by atoms with Gasteiger partial charge in [-0.05, 0) is 6.07 Å². The van der Waals surface area contributed by atoms with Crippen LogP contribution < -0.4 is 5.56 Å². The average Bonchev–Trinajstić information content (AvgIpc) is 1.85. The number of carboxylic acids is 1. The summed E-state index contributed by atoms with van der Waals surface area (Å²) in [6.45, 7) is 0. The molecule has 1 aromatic rings. The summed E-state index contributed by atoms with van der Waals surface area (Å²) in [5.74, 6) is -1.20. The summed E-state index contributed by atoms with van der Waals surface area (Å²) >= 11 is 5.41. The Morgan fingerprint density at radius 1 is 1.55 bits per heavy atom. The Labute approximate surface area is 66.4 Å². The number of H-pyrrole nitrogens is 1. The van der Waals surface area contributed by atoms with E-state index >= 15 is 0 Å². The van der Waals surface area contributed by atoms with Gasteiger partial charge in [-0.2, -0.15) is 0 Å². The highest BCUT2D eigenvalue weighted by Gasteiger charge is 2.03. The van der Waals surface area contributed by atoms with Crippen LogP contribution in [-0.2, 0) is 0 Å². The predicted octanol–water partition coefficient (Wildman–Crippen LogP) is 0.726. The van der Waals surface area contributed by atoms with E-state index in [1.54, 1.807) is 0 Å². The van der Waals surface area contributed by atoms with Crippen molar-refractivity contribution < 1.29 is 9.90 Å². The Morgan fingerprint density at radius 3 is 2.64 bits per heavy atom. The molecule has 11 heavy (non-hydrogen) atoms. The van der Waals surface area contributed by atoms with Crippen molar-refractivity contribution in [3.05, 3.63) is 33.2 Å². The maximum absolute atomic E-state index is 10.6. The van der Waals surface area contributed by atoms with Gasteiger partial charge in [-0.25, -0.2) is 4.79 Å². The molecule has 4 nitrogen and oxygen atoms in total. The van der Waals surface area contributed by atoms with Gasteiger partial charge in [0, 0.05) is 11.1 Å². The van der Waals surface area contributed by atoms with E-state index in [-0.39, 0.29) is 10.7 Å². The minimum Gasteiger partial charge on any atom is -0.477 e. The van der Waals surface area contributed by atoms with Crippen molar-refractivity contribution in [3.8, 4) is 0 Å². The Kier molecular flexibility index (Phi) is 1.96. The zero-order valence-electron chi connectivity index (χ0n) is 5.30. The van der Waals surface area contributed by atoms with Crippen molar-refractivity contribution in [1.29, 1.82) is 0 Å². The lowest BCUT2D eigenvalue weighted by molar-refractivity contribution is 0.0690. The highest BCUT2D eigenvalue weighted by atomic mass is 35.5. The fourth-order valence-corrected chi connectivity index (χ4v) is 0.833. The predicted molar refractivity (Wildman–Crippen MR) is 39.0 cm³/mol. The average molecular weight is 174 g/mol. The van der Waals surface area contributed by atoms with Gasteiger partial charge in [0.1, 0.15) is 5.69 Å². The summed E-state index contributed by atoms with van der Waals surface area (Å²) < 4.78 is 0. The molecular weight excluding hydrogens is 170 g/mol. The van der Waals surface area contributed by atoms with E-state index in [0.717, 1.165) is 6.07 Å². The van der Waals surface area contributed by atoms with Crippen LogP contribution in [0.15, 0.2) is 16.9 Å². The minimum absolute atomic E-state index is 0.117. The first-order valence-corrected chi connectivity index (χ1v) is 3.10. The third-order valence-electron chi connectivity index (χ3n) is 1.04. The lowest BCUT2D eigenvalue weighted by Gasteiger charge is -1.92. The smallest absolute Gasteiger partial charge is 0.352 e. The first kappa shape index (κ1) is 7.81. The van der Waals surface area contributed by atoms with Gasteiger partial charge in [0.05, 0.1) is 0 Å². The van der Waals surface area contributed by atoms with Gasteiger partial charge in [0.15, 0.2) is 0 Å². The summed E-state index contributed by atoms with van der Waals surface area (Å²) in [5.41, 5.74) is -0.725. The van der Waals surface area contributed by atoms with E-state index < -0.39 is 11.5 Å². The Balaban J connectivity index is 3.30. The number of aromatic amines is 1. The Bertz CT molecular complexity index is 344. The van der Waals surface area contributed by atoms with Crippen LogP contribution in [0.25, 0.3) is 0 Å². The fraction of sp³-hybridized carbons (Fsp3) is 0. The minimum atomic E-state index is -1.20. The molecule has 0 aromatic carbocycles. The molecule has 0 amide bonds. The van der Waals surface area contributed by atoms with Crippen molar-refractivity contribution >= 4 is 17.6 Å². The summed E-state index contributed by atoms with van der Waals surface area (Å²) in [5, 5.41) is 8.52. The van der Waals surface area contributed by atoms with Crippen molar-refractivity contribution in [2.24, 2.45) is 0 Å². The normalized spacial score (nSPS) is 9.55. The molecule has 0 fully saturated rings. The number of hydrogen-bond donors (Lipinski definition) is 2. The van der Waals surface area contributed by atoms with Crippen LogP contribution in [0.1, 0.15) is 10.5 Å². The van der Waals surface area contributed by atoms with E-state index in [9.17, 15) is 9.59 Å². The van der Waals surface area contributed by atoms with Crippen molar-refractivity contribution in [3.63, 3.8) is 0 Å². The van der Waals surface area contributed by atoms with E-state index in [4.69, 9.17) is 16.7 Å². The molecular formula is C6H4ClNO3. The van der Waals surface area contributed by atoms with Gasteiger partial charge in [-0.1, -0.05) is 11.6 Å². The van der Waals surface area contributed by atoms with Crippen LogP contribution in [0.4, 0.5) is 0 Å². The second-order valence-corrected chi connectivity index (χ2v) is 2.32. The SMILES string of the molecule is O=C(O)c1cc(Cl)cc(=O)[nH]1. The number of carboxylic acid groups (broad SMARTS) is 1. The van der Waals surface area contributed by atoms with E-state index in [0.29, 0.717) is 0 Å². The van der Waals surface area contributed by atoms with Crippen LogP contribution in [0, 0.1) is 0 Å². The molecule has 0 saturated carbocycles. The number of aromatic nitrogens is 1. The molecule has 0 radical (unpaired) electrons. The van der Waals surface area contributed by atoms with Crippen LogP contribution in [0.5, 0.6) is 0 Å². The number of hydrogen-bond acceptors (Lipinski definition) is 2. The molecule has 1 aromatic heterocycles. The number of aromatic carboxylic acids is 1. The van der Waals surface area contributed by atoms with Gasteiger partial charge in [-0.3, -0.25) is 4.79 Å². The van der Waals surface area contributed by atoms with E-state index in [1.165, 1.54) is 6.07 Å². The standard InChI is InChI=1S/C6H4ClNO3/c7-3-1-4(6(10)11)8-5(9)2-3/h1-2H,(H,8,9)(H,10,11). The third-order valence-corrected chi connectivity index (χ3v) is 1.26. The van der Waals surface area contributed by atoms with Crippen LogP contribution in [-0.4, -0.2) is 16.1 Å². The summed E-state index contributed by atoms with van der Waals surface area (Å²) in [6, 6.07) is 2.28. The molecule has 0 bridgehead atoms. The molecule has 0 spiro atoms.